The molecule has 0 fully saturated rings. The second kappa shape index (κ2) is 5.92. The Morgan fingerprint density at radius 3 is 2.80 bits per heavy atom. The third-order valence-corrected chi connectivity index (χ3v) is 3.73. The number of anilines is 1. The van der Waals surface area contributed by atoms with Gasteiger partial charge in [-0.3, -0.25) is 0 Å². The molecule has 0 saturated carbocycles. The first kappa shape index (κ1) is 14.3. The van der Waals surface area contributed by atoms with E-state index in [1.807, 2.05) is 24.3 Å². The Balaban J connectivity index is 2.31. The molecule has 1 N–H and O–H groups in total. The second-order valence-corrected chi connectivity index (χ2v) is 5.46. The maximum absolute atomic E-state index is 11.3. The van der Waals surface area contributed by atoms with Crippen molar-refractivity contribution in [2.45, 2.75) is 13.5 Å². The van der Waals surface area contributed by atoms with Crippen LogP contribution < -0.4 is 9.64 Å². The van der Waals surface area contributed by atoms with Gasteiger partial charge in [-0.25, -0.2) is 9.78 Å². The number of aromatic nitrogens is 1. The smallest absolute Gasteiger partial charge is 0.337 e. The largest absolute Gasteiger partial charge is 0.497 e. The Hall–Kier alpha value is -2.08. The predicted molar refractivity (Wildman–Crippen MR) is 78.9 cm³/mol. The van der Waals surface area contributed by atoms with Gasteiger partial charge in [0.05, 0.1) is 35.6 Å². The zero-order valence-electron chi connectivity index (χ0n) is 11.6. The van der Waals surface area contributed by atoms with Crippen LogP contribution in [0, 0.1) is 6.92 Å². The normalized spacial score (nSPS) is 10.3. The number of methoxy groups -OCH3 is 1. The molecule has 1 heterocycles. The Bertz CT molecular complexity index is 625. The number of aromatic carboxylic acids is 1. The molecule has 2 rings (SSSR count). The summed E-state index contributed by atoms with van der Waals surface area (Å²) in [7, 11) is 3.40. The van der Waals surface area contributed by atoms with Crippen LogP contribution in [0.3, 0.4) is 0 Å². The van der Waals surface area contributed by atoms with Crippen LogP contribution >= 0.6 is 11.3 Å². The Labute approximate surface area is 121 Å². The molecule has 0 spiro atoms. The van der Waals surface area contributed by atoms with Gasteiger partial charge in [-0.1, -0.05) is 0 Å². The molecule has 5 nitrogen and oxygen atoms in total. The lowest BCUT2D eigenvalue weighted by atomic mass is 10.1. The minimum absolute atomic E-state index is 0.250. The number of benzene rings is 1. The number of carboxylic acid groups (broad SMARTS) is 1. The monoisotopic (exact) mass is 292 g/mol. The van der Waals surface area contributed by atoms with Gasteiger partial charge in [-0.05, 0) is 19.1 Å². The standard InChI is InChI=1S/C14H16N2O3S/c1-9-15-10(8-20-9)7-16(2)13-6-11(19-3)4-5-12(13)14(17)18/h4-6,8H,7H2,1-3H3,(H,17,18). The van der Waals surface area contributed by atoms with Gasteiger partial charge >= 0.3 is 5.97 Å². The SMILES string of the molecule is COc1ccc(C(=O)O)c(N(C)Cc2csc(C)n2)c1. The van der Waals surface area contributed by atoms with E-state index >= 15 is 0 Å². The number of ether oxygens (including phenoxy) is 1. The van der Waals surface area contributed by atoms with Crippen molar-refractivity contribution in [1.29, 1.82) is 0 Å². The number of rotatable bonds is 5. The summed E-state index contributed by atoms with van der Waals surface area (Å²) in [6.45, 7) is 2.50. The van der Waals surface area contributed by atoms with Gasteiger partial charge in [-0.15, -0.1) is 11.3 Å². The van der Waals surface area contributed by atoms with Crippen LogP contribution in [0.4, 0.5) is 5.69 Å². The van der Waals surface area contributed by atoms with E-state index in [0.717, 1.165) is 10.7 Å². The summed E-state index contributed by atoms with van der Waals surface area (Å²) in [6.07, 6.45) is 0. The maximum Gasteiger partial charge on any atom is 0.337 e. The Morgan fingerprint density at radius 2 is 2.25 bits per heavy atom. The minimum Gasteiger partial charge on any atom is -0.497 e. The minimum atomic E-state index is -0.955. The van der Waals surface area contributed by atoms with E-state index in [1.54, 1.807) is 36.6 Å². The van der Waals surface area contributed by atoms with Crippen molar-refractivity contribution < 1.29 is 14.6 Å². The molecular weight excluding hydrogens is 276 g/mol. The highest BCUT2D eigenvalue weighted by Crippen LogP contribution is 2.26. The van der Waals surface area contributed by atoms with Crippen LogP contribution in [-0.2, 0) is 6.54 Å². The molecule has 0 aliphatic rings. The summed E-state index contributed by atoms with van der Waals surface area (Å²) in [4.78, 5) is 17.6. The lowest BCUT2D eigenvalue weighted by Gasteiger charge is -2.21. The predicted octanol–water partition coefficient (Wildman–Crippen LogP) is 2.79. The molecule has 6 heteroatoms. The van der Waals surface area contributed by atoms with Crippen LogP contribution in [-0.4, -0.2) is 30.2 Å². The summed E-state index contributed by atoms with van der Waals surface area (Å²) in [5.41, 5.74) is 1.79. The number of hydrogen-bond donors (Lipinski definition) is 1. The van der Waals surface area contributed by atoms with E-state index in [2.05, 4.69) is 4.98 Å². The number of nitrogens with zero attached hydrogens (tertiary/aromatic N) is 2. The molecule has 2 aromatic rings. The molecule has 0 bridgehead atoms. The van der Waals surface area contributed by atoms with Crippen LogP contribution in [0.2, 0.25) is 0 Å². The van der Waals surface area contributed by atoms with Crippen molar-refractivity contribution in [2.24, 2.45) is 0 Å². The third-order valence-electron chi connectivity index (χ3n) is 2.91. The summed E-state index contributed by atoms with van der Waals surface area (Å²) >= 11 is 1.58. The molecule has 0 aliphatic heterocycles. The zero-order chi connectivity index (χ0) is 14.7. The van der Waals surface area contributed by atoms with Crippen molar-refractivity contribution in [3.8, 4) is 5.75 Å². The van der Waals surface area contributed by atoms with E-state index in [-0.39, 0.29) is 5.56 Å². The van der Waals surface area contributed by atoms with Crippen LogP contribution in [0.15, 0.2) is 23.6 Å². The Kier molecular flexibility index (Phi) is 4.24. The van der Waals surface area contributed by atoms with Crippen LogP contribution in [0.25, 0.3) is 0 Å². The van der Waals surface area contributed by atoms with Gasteiger partial charge in [0.25, 0.3) is 0 Å². The summed E-state index contributed by atoms with van der Waals surface area (Å²) in [5, 5.41) is 12.2. The van der Waals surface area contributed by atoms with Crippen LogP contribution in [0.5, 0.6) is 5.75 Å². The quantitative estimate of drug-likeness (QED) is 0.918. The van der Waals surface area contributed by atoms with Gasteiger partial charge in [0.2, 0.25) is 0 Å². The van der Waals surface area contributed by atoms with Crippen molar-refractivity contribution in [2.75, 3.05) is 19.1 Å². The molecule has 0 aliphatic carbocycles. The molecule has 106 valence electrons. The lowest BCUT2D eigenvalue weighted by molar-refractivity contribution is 0.0697. The molecule has 0 unspecified atom stereocenters. The number of carboxylic acids is 1. The molecule has 0 atom stereocenters. The van der Waals surface area contributed by atoms with Gasteiger partial charge in [0.1, 0.15) is 5.75 Å². The van der Waals surface area contributed by atoms with E-state index < -0.39 is 5.97 Å². The first-order valence-corrected chi connectivity index (χ1v) is 6.92. The van der Waals surface area contributed by atoms with Gasteiger partial charge in [0.15, 0.2) is 0 Å². The lowest BCUT2D eigenvalue weighted by Crippen LogP contribution is -2.19. The molecule has 0 radical (unpaired) electrons. The molecule has 1 aromatic heterocycles. The van der Waals surface area contributed by atoms with E-state index in [0.29, 0.717) is 18.0 Å². The average molecular weight is 292 g/mol. The number of aryl methyl sites for hydroxylation is 1. The number of hydrogen-bond acceptors (Lipinski definition) is 5. The number of thiazole rings is 1. The highest BCUT2D eigenvalue weighted by molar-refractivity contribution is 7.09. The maximum atomic E-state index is 11.3. The average Bonchev–Trinajstić information content (AvgIpc) is 2.83. The fourth-order valence-corrected chi connectivity index (χ4v) is 2.55. The summed E-state index contributed by atoms with van der Waals surface area (Å²) in [6, 6.07) is 4.93. The van der Waals surface area contributed by atoms with Crippen molar-refractivity contribution in [3.63, 3.8) is 0 Å². The van der Waals surface area contributed by atoms with Crippen molar-refractivity contribution >= 4 is 23.0 Å². The Morgan fingerprint density at radius 1 is 1.50 bits per heavy atom. The zero-order valence-corrected chi connectivity index (χ0v) is 12.4. The van der Waals surface area contributed by atoms with E-state index in [4.69, 9.17) is 4.74 Å². The molecule has 0 saturated heterocycles. The fraction of sp³-hybridized carbons (Fsp3) is 0.286. The first-order valence-electron chi connectivity index (χ1n) is 6.04. The third kappa shape index (κ3) is 3.08. The second-order valence-electron chi connectivity index (χ2n) is 4.40. The van der Waals surface area contributed by atoms with Crippen molar-refractivity contribution in [1.82, 2.24) is 4.98 Å². The molecular formula is C14H16N2O3S. The molecule has 0 amide bonds. The van der Waals surface area contributed by atoms with E-state index in [9.17, 15) is 9.90 Å². The first-order chi connectivity index (χ1) is 9.51. The fourth-order valence-electron chi connectivity index (χ4n) is 1.94. The summed E-state index contributed by atoms with van der Waals surface area (Å²) < 4.78 is 5.16. The number of carbonyl (C=O) groups is 1. The molecule has 20 heavy (non-hydrogen) atoms. The summed E-state index contributed by atoms with van der Waals surface area (Å²) in [5.74, 6) is -0.324. The topological polar surface area (TPSA) is 62.7 Å². The van der Waals surface area contributed by atoms with Crippen molar-refractivity contribution in [3.05, 3.63) is 39.8 Å². The van der Waals surface area contributed by atoms with Crippen LogP contribution in [0.1, 0.15) is 21.1 Å². The highest BCUT2D eigenvalue weighted by atomic mass is 32.1. The highest BCUT2D eigenvalue weighted by Gasteiger charge is 2.15. The van der Waals surface area contributed by atoms with E-state index in [1.165, 1.54) is 0 Å². The molecule has 1 aromatic carbocycles. The van der Waals surface area contributed by atoms with Gasteiger partial charge < -0.3 is 14.7 Å². The van der Waals surface area contributed by atoms with Gasteiger partial charge in [-0.2, -0.15) is 0 Å². The van der Waals surface area contributed by atoms with Gasteiger partial charge in [0, 0.05) is 18.5 Å².